The minimum atomic E-state index is -0.0262. The van der Waals surface area contributed by atoms with E-state index < -0.39 is 0 Å². The van der Waals surface area contributed by atoms with Crippen molar-refractivity contribution in [2.75, 3.05) is 0 Å². The van der Waals surface area contributed by atoms with Crippen LogP contribution in [-0.2, 0) is 5.41 Å². The zero-order chi connectivity index (χ0) is 31.7. The third-order valence-electron chi connectivity index (χ3n) is 9.07. The quantitative estimate of drug-likeness (QED) is 0.172. The largest absolute Gasteiger partial charge is 0.209 e. The molecule has 0 saturated carbocycles. The van der Waals surface area contributed by atoms with Gasteiger partial charge in [0.2, 0.25) is 0 Å². The highest BCUT2D eigenvalue weighted by molar-refractivity contribution is 5.94. The molecule has 1 aliphatic carbocycles. The van der Waals surface area contributed by atoms with Crippen LogP contribution in [0.5, 0.6) is 0 Å². The number of hydrogen-bond acceptors (Lipinski definition) is 3. The molecule has 7 rings (SSSR count). The number of aromatic nitrogens is 3. The van der Waals surface area contributed by atoms with Gasteiger partial charge in [-0.1, -0.05) is 154 Å². The molecule has 0 fully saturated rings. The Balaban J connectivity index is 1.29. The molecule has 1 aromatic heterocycles. The summed E-state index contributed by atoms with van der Waals surface area (Å²) in [5.41, 5.74) is 13.0. The summed E-state index contributed by atoms with van der Waals surface area (Å²) in [6, 6.07) is 44.9. The smallest absolute Gasteiger partial charge is 0.164 e. The van der Waals surface area contributed by atoms with Crippen molar-refractivity contribution in [3.63, 3.8) is 0 Å². The summed E-state index contributed by atoms with van der Waals surface area (Å²) in [5.74, 6) is 2.01. The summed E-state index contributed by atoms with van der Waals surface area (Å²) in [6.07, 6.45) is 5.34. The third kappa shape index (κ3) is 5.39. The highest BCUT2D eigenvalue weighted by Gasteiger charge is 2.35. The van der Waals surface area contributed by atoms with Crippen molar-refractivity contribution in [3.05, 3.63) is 162 Å². The summed E-state index contributed by atoms with van der Waals surface area (Å²) < 4.78 is 0. The van der Waals surface area contributed by atoms with Crippen LogP contribution in [0.15, 0.2) is 140 Å². The fraction of sp³-hybridized carbons (Fsp3) is 0.140. The van der Waals surface area contributed by atoms with Crippen LogP contribution < -0.4 is 0 Å². The number of fused-ring (bicyclic) bond motifs is 3. The van der Waals surface area contributed by atoms with Crippen LogP contribution >= 0.6 is 0 Å². The van der Waals surface area contributed by atoms with E-state index in [0.717, 1.165) is 34.3 Å². The van der Waals surface area contributed by atoms with Crippen molar-refractivity contribution < 1.29 is 0 Å². The summed E-state index contributed by atoms with van der Waals surface area (Å²) in [7, 11) is 0. The molecular weight excluding hydrogens is 558 g/mol. The van der Waals surface area contributed by atoms with Crippen molar-refractivity contribution in [2.45, 2.75) is 39.5 Å². The van der Waals surface area contributed by atoms with Gasteiger partial charge >= 0.3 is 0 Å². The first-order valence-corrected chi connectivity index (χ1v) is 16.0. The Kier molecular flexibility index (Phi) is 7.76. The molecule has 0 atom stereocenters. The highest BCUT2D eigenvalue weighted by atomic mass is 15.0. The molecule has 0 amide bonds. The van der Waals surface area contributed by atoms with E-state index in [2.05, 4.69) is 107 Å². The Morgan fingerprint density at radius 1 is 0.587 bits per heavy atom. The molecule has 3 nitrogen and oxygen atoms in total. The van der Waals surface area contributed by atoms with Gasteiger partial charge in [0, 0.05) is 22.1 Å². The zero-order valence-electron chi connectivity index (χ0n) is 26.8. The predicted octanol–water partition coefficient (Wildman–Crippen LogP) is 11.1. The SMILES string of the molecule is CC/C=C\C(=C(/C)c1nc(-c2ccccc2)nc(-c2ccccc2)n1)c1ccc(-c2ccc3c(c2)C(C)(C)c2ccccc2-3)cc1. The second-order valence-electron chi connectivity index (χ2n) is 12.4. The first-order chi connectivity index (χ1) is 22.4. The molecule has 224 valence electrons. The normalized spacial score (nSPS) is 13.7. The molecule has 0 saturated heterocycles. The first-order valence-electron chi connectivity index (χ1n) is 16.0. The van der Waals surface area contributed by atoms with Crippen LogP contribution in [0.1, 0.15) is 56.6 Å². The van der Waals surface area contributed by atoms with Crippen molar-refractivity contribution in [1.29, 1.82) is 0 Å². The van der Waals surface area contributed by atoms with E-state index in [-0.39, 0.29) is 5.41 Å². The molecule has 46 heavy (non-hydrogen) atoms. The number of allylic oxidation sites excluding steroid dienone is 4. The second kappa shape index (κ2) is 12.2. The van der Waals surface area contributed by atoms with Crippen LogP contribution in [0.3, 0.4) is 0 Å². The fourth-order valence-electron chi connectivity index (χ4n) is 6.50. The molecule has 0 N–H and O–H groups in total. The highest BCUT2D eigenvalue weighted by Crippen LogP contribution is 2.49. The third-order valence-corrected chi connectivity index (χ3v) is 9.07. The lowest BCUT2D eigenvalue weighted by molar-refractivity contribution is 0.660. The summed E-state index contributed by atoms with van der Waals surface area (Å²) in [4.78, 5) is 14.9. The first kappa shape index (κ1) is 29.3. The minimum absolute atomic E-state index is 0.0262. The zero-order valence-corrected chi connectivity index (χ0v) is 26.8. The van der Waals surface area contributed by atoms with E-state index >= 15 is 0 Å². The molecule has 0 aliphatic heterocycles. The Hall–Kier alpha value is -5.41. The molecule has 0 spiro atoms. The van der Waals surface area contributed by atoms with Crippen molar-refractivity contribution in [1.82, 2.24) is 15.0 Å². The van der Waals surface area contributed by atoms with Crippen LogP contribution in [0.25, 0.3) is 56.2 Å². The van der Waals surface area contributed by atoms with Crippen LogP contribution in [-0.4, -0.2) is 15.0 Å². The Morgan fingerprint density at radius 2 is 1.15 bits per heavy atom. The lowest BCUT2D eigenvalue weighted by Crippen LogP contribution is -2.14. The summed E-state index contributed by atoms with van der Waals surface area (Å²) >= 11 is 0. The minimum Gasteiger partial charge on any atom is -0.209 e. The maximum atomic E-state index is 5.00. The van der Waals surface area contributed by atoms with E-state index in [1.54, 1.807) is 0 Å². The topological polar surface area (TPSA) is 38.7 Å². The van der Waals surface area contributed by atoms with Crippen LogP contribution in [0, 0.1) is 0 Å². The molecule has 0 radical (unpaired) electrons. The van der Waals surface area contributed by atoms with Crippen molar-refractivity contribution in [3.8, 4) is 45.0 Å². The predicted molar refractivity (Wildman–Crippen MR) is 192 cm³/mol. The van der Waals surface area contributed by atoms with Crippen molar-refractivity contribution in [2.24, 2.45) is 0 Å². The lowest BCUT2D eigenvalue weighted by atomic mass is 9.81. The molecule has 1 aliphatic rings. The molecule has 6 aromatic rings. The van der Waals surface area contributed by atoms with Gasteiger partial charge in [0.1, 0.15) is 0 Å². The maximum absolute atomic E-state index is 5.00. The van der Waals surface area contributed by atoms with Gasteiger partial charge in [0.05, 0.1) is 0 Å². The Morgan fingerprint density at radius 3 is 1.78 bits per heavy atom. The standard InChI is InChI=1S/C43H37N3/c1-5-6-19-35(29(2)40-44-41(32-15-9-7-10-16-32)46-42(45-40)33-17-11-8-12-18-33)31-24-22-30(23-25-31)34-26-27-37-36-20-13-14-21-38(36)43(3,4)39(37)28-34/h6-28H,5H2,1-4H3/b19-6-,35-29-. The number of nitrogens with zero attached hydrogens (tertiary/aromatic N) is 3. The van der Waals surface area contributed by atoms with Gasteiger partial charge < -0.3 is 0 Å². The van der Waals surface area contributed by atoms with Crippen LogP contribution in [0.2, 0.25) is 0 Å². The summed E-state index contributed by atoms with van der Waals surface area (Å²) in [5, 5.41) is 0. The molecule has 0 bridgehead atoms. The Labute approximate surface area is 272 Å². The number of benzene rings is 5. The van der Waals surface area contributed by atoms with E-state index in [9.17, 15) is 0 Å². The van der Waals surface area contributed by atoms with Gasteiger partial charge in [0.15, 0.2) is 17.5 Å². The van der Waals surface area contributed by atoms with Gasteiger partial charge in [-0.2, -0.15) is 0 Å². The van der Waals surface area contributed by atoms with E-state index in [1.807, 2.05) is 60.7 Å². The Bertz CT molecular complexity index is 2030. The van der Waals surface area contributed by atoms with Crippen molar-refractivity contribution >= 4 is 11.1 Å². The van der Waals surface area contributed by atoms with E-state index in [0.29, 0.717) is 17.5 Å². The average molecular weight is 596 g/mol. The number of rotatable bonds is 7. The monoisotopic (exact) mass is 595 g/mol. The number of hydrogen-bond donors (Lipinski definition) is 0. The molecule has 0 unspecified atom stereocenters. The average Bonchev–Trinajstić information content (AvgIpc) is 3.34. The fourth-order valence-corrected chi connectivity index (χ4v) is 6.50. The van der Waals surface area contributed by atoms with Gasteiger partial charge in [-0.15, -0.1) is 0 Å². The van der Waals surface area contributed by atoms with Gasteiger partial charge in [0.25, 0.3) is 0 Å². The second-order valence-corrected chi connectivity index (χ2v) is 12.4. The van der Waals surface area contributed by atoms with E-state index in [4.69, 9.17) is 15.0 Å². The molecule has 3 heteroatoms. The lowest BCUT2D eigenvalue weighted by Gasteiger charge is -2.22. The molecule has 5 aromatic carbocycles. The maximum Gasteiger partial charge on any atom is 0.164 e. The molecular formula is C43H37N3. The van der Waals surface area contributed by atoms with E-state index in [1.165, 1.54) is 33.4 Å². The summed E-state index contributed by atoms with van der Waals surface area (Å²) in [6.45, 7) is 8.93. The molecule has 1 heterocycles. The van der Waals surface area contributed by atoms with Crippen LogP contribution in [0.4, 0.5) is 0 Å². The van der Waals surface area contributed by atoms with Gasteiger partial charge in [-0.05, 0) is 63.9 Å². The van der Waals surface area contributed by atoms with Gasteiger partial charge in [-0.25, -0.2) is 15.0 Å². The van der Waals surface area contributed by atoms with Gasteiger partial charge in [-0.3, -0.25) is 0 Å².